The van der Waals surface area contributed by atoms with E-state index in [1.807, 2.05) is 0 Å². The number of benzene rings is 1. The number of carbonyl (C=O) groups excluding carboxylic acids is 1. The zero-order valence-electron chi connectivity index (χ0n) is 13.1. The molecule has 1 aromatic carbocycles. The summed E-state index contributed by atoms with van der Waals surface area (Å²) in [7, 11) is 0. The number of halogens is 1. The van der Waals surface area contributed by atoms with E-state index < -0.39 is 5.97 Å². The van der Waals surface area contributed by atoms with Gasteiger partial charge in [-0.3, -0.25) is 9.48 Å². The van der Waals surface area contributed by atoms with Crippen LogP contribution in [0, 0.1) is 5.82 Å². The Morgan fingerprint density at radius 3 is 2.46 bits per heavy atom. The lowest BCUT2D eigenvalue weighted by Crippen LogP contribution is -2.40. The van der Waals surface area contributed by atoms with Crippen LogP contribution < -0.4 is 0 Å². The van der Waals surface area contributed by atoms with E-state index in [2.05, 4.69) is 5.10 Å². The number of rotatable bonds is 4. The number of aromatic carboxylic acids is 1. The van der Waals surface area contributed by atoms with Gasteiger partial charge < -0.3 is 10.0 Å². The molecule has 0 radical (unpaired) electrons. The molecule has 7 heteroatoms. The molecule has 0 atom stereocenters. The molecular formula is C17H18FN3O3. The third-order valence-electron chi connectivity index (χ3n) is 4.31. The van der Waals surface area contributed by atoms with Crippen LogP contribution in [0.5, 0.6) is 0 Å². The average molecular weight is 331 g/mol. The van der Waals surface area contributed by atoms with Gasteiger partial charge in [-0.05, 0) is 30.5 Å². The van der Waals surface area contributed by atoms with Crippen molar-refractivity contribution in [1.82, 2.24) is 14.7 Å². The molecule has 1 fully saturated rings. The molecule has 6 nitrogen and oxygen atoms in total. The summed E-state index contributed by atoms with van der Waals surface area (Å²) in [6.07, 6.45) is 4.60. The second-order valence-electron chi connectivity index (χ2n) is 5.93. The molecule has 126 valence electrons. The van der Waals surface area contributed by atoms with Gasteiger partial charge in [-0.2, -0.15) is 5.10 Å². The highest BCUT2D eigenvalue weighted by Crippen LogP contribution is 2.22. The smallest absolute Gasteiger partial charge is 0.338 e. The van der Waals surface area contributed by atoms with Gasteiger partial charge in [0.15, 0.2) is 0 Å². The number of likely N-dealkylation sites (tertiary alicyclic amines) is 1. The minimum atomic E-state index is -0.992. The highest BCUT2D eigenvalue weighted by atomic mass is 19.1. The van der Waals surface area contributed by atoms with Crippen LogP contribution in [0.3, 0.4) is 0 Å². The summed E-state index contributed by atoms with van der Waals surface area (Å²) in [4.78, 5) is 25.0. The second kappa shape index (κ2) is 6.82. The number of amides is 1. The molecule has 0 bridgehead atoms. The number of nitrogens with zero attached hydrogens (tertiary/aromatic N) is 3. The number of carboxylic acid groups (broad SMARTS) is 1. The van der Waals surface area contributed by atoms with Crippen molar-refractivity contribution in [2.75, 3.05) is 13.1 Å². The van der Waals surface area contributed by atoms with Gasteiger partial charge in [0, 0.05) is 19.3 Å². The molecule has 0 unspecified atom stereocenters. The molecule has 1 saturated heterocycles. The number of aromatic nitrogens is 2. The molecular weight excluding hydrogens is 313 g/mol. The van der Waals surface area contributed by atoms with Gasteiger partial charge in [-0.25, -0.2) is 9.18 Å². The van der Waals surface area contributed by atoms with Crippen LogP contribution in [-0.4, -0.2) is 44.8 Å². The molecule has 0 spiro atoms. The molecule has 3 rings (SSSR count). The molecule has 1 amide bonds. The van der Waals surface area contributed by atoms with E-state index in [1.165, 1.54) is 24.5 Å². The quantitative estimate of drug-likeness (QED) is 0.931. The van der Waals surface area contributed by atoms with Crippen molar-refractivity contribution < 1.29 is 19.1 Å². The van der Waals surface area contributed by atoms with Crippen LogP contribution >= 0.6 is 0 Å². The van der Waals surface area contributed by atoms with Gasteiger partial charge in [-0.1, -0.05) is 12.1 Å². The Balaban J connectivity index is 1.55. The predicted octanol–water partition coefficient (Wildman–Crippen LogP) is 2.13. The van der Waals surface area contributed by atoms with Crippen LogP contribution in [0.1, 0.15) is 34.8 Å². The van der Waals surface area contributed by atoms with Crippen LogP contribution in [0.4, 0.5) is 4.39 Å². The van der Waals surface area contributed by atoms with Gasteiger partial charge >= 0.3 is 5.97 Å². The Hall–Kier alpha value is -2.70. The highest BCUT2D eigenvalue weighted by molar-refractivity contribution is 5.86. The van der Waals surface area contributed by atoms with Crippen molar-refractivity contribution in [2.45, 2.75) is 25.3 Å². The topological polar surface area (TPSA) is 75.4 Å². The lowest BCUT2D eigenvalue weighted by atomic mass is 10.0. The maximum absolute atomic E-state index is 12.9. The molecule has 2 aromatic rings. The Bertz CT molecular complexity index is 734. The number of carbonyl (C=O) groups is 2. The standard InChI is InChI=1S/C17H18FN3O3/c18-14-3-1-12(2-4-14)9-16(22)20-7-5-15(6-8-20)21-11-13(10-19-21)17(23)24/h1-4,10-11,15H,5-9H2,(H,23,24). The highest BCUT2D eigenvalue weighted by Gasteiger charge is 2.24. The summed E-state index contributed by atoms with van der Waals surface area (Å²) in [5.41, 5.74) is 0.964. The third kappa shape index (κ3) is 3.61. The second-order valence-corrected chi connectivity index (χ2v) is 5.93. The number of hydrogen-bond acceptors (Lipinski definition) is 3. The van der Waals surface area contributed by atoms with Crippen LogP contribution in [0.15, 0.2) is 36.7 Å². The lowest BCUT2D eigenvalue weighted by Gasteiger charge is -2.32. The fraction of sp³-hybridized carbons (Fsp3) is 0.353. The molecule has 24 heavy (non-hydrogen) atoms. The van der Waals surface area contributed by atoms with Crippen molar-refractivity contribution in [1.29, 1.82) is 0 Å². The summed E-state index contributed by atoms with van der Waals surface area (Å²) in [6, 6.07) is 6.06. The Morgan fingerprint density at radius 2 is 1.88 bits per heavy atom. The first-order valence-corrected chi connectivity index (χ1v) is 7.82. The SMILES string of the molecule is O=C(O)c1cnn(C2CCN(C(=O)Cc3ccc(F)cc3)CC2)c1. The van der Waals surface area contributed by atoms with E-state index in [4.69, 9.17) is 5.11 Å². The van der Waals surface area contributed by atoms with Crippen LogP contribution in [0.25, 0.3) is 0 Å². The van der Waals surface area contributed by atoms with E-state index in [9.17, 15) is 14.0 Å². The molecule has 1 N–H and O–H groups in total. The van der Waals surface area contributed by atoms with Gasteiger partial charge in [0.2, 0.25) is 5.91 Å². The van der Waals surface area contributed by atoms with Crippen molar-refractivity contribution in [2.24, 2.45) is 0 Å². The summed E-state index contributed by atoms with van der Waals surface area (Å²) >= 11 is 0. The van der Waals surface area contributed by atoms with Crippen molar-refractivity contribution in [3.63, 3.8) is 0 Å². The van der Waals surface area contributed by atoms with Crippen LogP contribution in [0.2, 0.25) is 0 Å². The van der Waals surface area contributed by atoms with E-state index in [0.717, 1.165) is 18.4 Å². The minimum absolute atomic E-state index is 0.0201. The van der Waals surface area contributed by atoms with E-state index >= 15 is 0 Å². The molecule has 0 aliphatic carbocycles. The Kier molecular flexibility index (Phi) is 4.59. The summed E-state index contributed by atoms with van der Waals surface area (Å²) in [5.74, 6) is -1.29. The largest absolute Gasteiger partial charge is 0.478 e. The fourth-order valence-corrected chi connectivity index (χ4v) is 2.92. The first-order valence-electron chi connectivity index (χ1n) is 7.82. The van der Waals surface area contributed by atoms with E-state index in [1.54, 1.807) is 21.7 Å². The van der Waals surface area contributed by atoms with Gasteiger partial charge in [-0.15, -0.1) is 0 Å². The van der Waals surface area contributed by atoms with Gasteiger partial charge in [0.1, 0.15) is 5.82 Å². The number of carboxylic acids is 1. The maximum atomic E-state index is 12.9. The number of piperidine rings is 1. The maximum Gasteiger partial charge on any atom is 0.338 e. The summed E-state index contributed by atoms with van der Waals surface area (Å²) in [6.45, 7) is 1.21. The minimum Gasteiger partial charge on any atom is -0.478 e. The molecule has 1 aliphatic heterocycles. The van der Waals surface area contributed by atoms with E-state index in [0.29, 0.717) is 13.1 Å². The average Bonchev–Trinajstić information content (AvgIpc) is 3.07. The van der Waals surface area contributed by atoms with Crippen molar-refractivity contribution in [3.05, 3.63) is 53.6 Å². The molecule has 0 saturated carbocycles. The zero-order valence-corrected chi connectivity index (χ0v) is 13.1. The Morgan fingerprint density at radius 1 is 1.21 bits per heavy atom. The normalized spacial score (nSPS) is 15.5. The first-order chi connectivity index (χ1) is 11.5. The zero-order chi connectivity index (χ0) is 17.1. The van der Waals surface area contributed by atoms with Crippen LogP contribution in [-0.2, 0) is 11.2 Å². The third-order valence-corrected chi connectivity index (χ3v) is 4.31. The molecule has 2 heterocycles. The predicted molar refractivity (Wildman–Crippen MR) is 84.1 cm³/mol. The molecule has 1 aliphatic rings. The van der Waals surface area contributed by atoms with Crippen molar-refractivity contribution in [3.8, 4) is 0 Å². The van der Waals surface area contributed by atoms with Gasteiger partial charge in [0.05, 0.1) is 24.2 Å². The van der Waals surface area contributed by atoms with Gasteiger partial charge in [0.25, 0.3) is 0 Å². The van der Waals surface area contributed by atoms with E-state index in [-0.39, 0.29) is 29.8 Å². The summed E-state index contributed by atoms with van der Waals surface area (Å²) < 4.78 is 14.6. The fourth-order valence-electron chi connectivity index (χ4n) is 2.92. The lowest BCUT2D eigenvalue weighted by molar-refractivity contribution is -0.131. The Labute approximate surface area is 138 Å². The number of hydrogen-bond donors (Lipinski definition) is 1. The monoisotopic (exact) mass is 331 g/mol. The first kappa shape index (κ1) is 16.2. The molecule has 1 aromatic heterocycles. The van der Waals surface area contributed by atoms with Crippen molar-refractivity contribution >= 4 is 11.9 Å². The summed E-state index contributed by atoms with van der Waals surface area (Å²) in [5, 5.41) is 13.0.